The van der Waals surface area contributed by atoms with Crippen molar-refractivity contribution in [3.63, 3.8) is 0 Å². The Morgan fingerprint density at radius 2 is 1.89 bits per heavy atom. The number of pyridine rings is 1. The number of nitrogens with two attached hydrogens (primary N) is 1. The second-order valence-corrected chi connectivity index (χ2v) is 4.11. The smallest absolute Gasteiger partial charge is 0.124 e. The first-order valence-electron chi connectivity index (χ1n) is 6.20. The van der Waals surface area contributed by atoms with Crippen LogP contribution < -0.4 is 10.5 Å². The summed E-state index contributed by atoms with van der Waals surface area (Å²) >= 11 is 0. The first-order chi connectivity index (χ1) is 9.33. The zero-order valence-electron chi connectivity index (χ0n) is 11.0. The first kappa shape index (κ1) is 13.5. The molecule has 4 nitrogen and oxygen atoms in total. The summed E-state index contributed by atoms with van der Waals surface area (Å²) in [6.07, 6.45) is 1.74. The Morgan fingerprint density at radius 3 is 2.63 bits per heavy atom. The third-order valence-electron chi connectivity index (χ3n) is 2.81. The van der Waals surface area contributed by atoms with Crippen molar-refractivity contribution >= 4 is 0 Å². The number of hydrogen-bond donors (Lipinski definition) is 1. The number of rotatable bonds is 6. The van der Waals surface area contributed by atoms with Crippen LogP contribution in [0.4, 0.5) is 0 Å². The number of methoxy groups -OCH3 is 1. The fourth-order valence-corrected chi connectivity index (χ4v) is 1.82. The molecule has 4 heteroatoms. The predicted octanol–water partition coefficient (Wildman–Crippen LogP) is 2.15. The fraction of sp³-hybridized carbons (Fsp3) is 0.267. The minimum atomic E-state index is -0.292. The Hall–Kier alpha value is -1.91. The highest BCUT2D eigenvalue weighted by Gasteiger charge is 2.14. The molecule has 0 aliphatic heterocycles. The van der Waals surface area contributed by atoms with Crippen molar-refractivity contribution in [2.45, 2.75) is 6.04 Å². The lowest BCUT2D eigenvalue weighted by Gasteiger charge is -2.16. The van der Waals surface area contributed by atoms with E-state index in [2.05, 4.69) is 4.98 Å². The summed E-state index contributed by atoms with van der Waals surface area (Å²) in [5.74, 6) is 0.776. The van der Waals surface area contributed by atoms with E-state index in [1.165, 1.54) is 0 Å². The molecule has 0 aliphatic rings. The lowest BCUT2D eigenvalue weighted by atomic mass is 10.0. The Kier molecular flexibility index (Phi) is 4.89. The molecule has 1 aromatic heterocycles. The monoisotopic (exact) mass is 258 g/mol. The van der Waals surface area contributed by atoms with Gasteiger partial charge in [0.1, 0.15) is 12.4 Å². The Balaban J connectivity index is 2.19. The number of hydrogen-bond acceptors (Lipinski definition) is 4. The van der Waals surface area contributed by atoms with Crippen LogP contribution in [-0.2, 0) is 4.74 Å². The lowest BCUT2D eigenvalue weighted by Crippen LogP contribution is -2.15. The molecule has 1 aromatic carbocycles. The van der Waals surface area contributed by atoms with Gasteiger partial charge in [-0.2, -0.15) is 0 Å². The quantitative estimate of drug-likeness (QED) is 0.807. The molecule has 0 saturated carbocycles. The van der Waals surface area contributed by atoms with Gasteiger partial charge in [-0.1, -0.05) is 24.3 Å². The second kappa shape index (κ2) is 6.87. The highest BCUT2D eigenvalue weighted by atomic mass is 16.5. The van der Waals surface area contributed by atoms with Gasteiger partial charge in [-0.05, 0) is 18.2 Å². The maximum Gasteiger partial charge on any atom is 0.124 e. The van der Waals surface area contributed by atoms with Gasteiger partial charge in [0.25, 0.3) is 0 Å². The Labute approximate surface area is 113 Å². The topological polar surface area (TPSA) is 57.4 Å². The van der Waals surface area contributed by atoms with E-state index in [1.807, 2.05) is 42.5 Å². The van der Waals surface area contributed by atoms with E-state index in [9.17, 15) is 0 Å². The van der Waals surface area contributed by atoms with Gasteiger partial charge in [0, 0.05) is 18.9 Å². The van der Waals surface area contributed by atoms with Crippen molar-refractivity contribution in [3.05, 3.63) is 59.9 Å². The summed E-state index contributed by atoms with van der Waals surface area (Å²) in [7, 11) is 1.65. The van der Waals surface area contributed by atoms with E-state index in [-0.39, 0.29) is 6.04 Å². The molecule has 1 unspecified atom stereocenters. The molecule has 2 aromatic rings. The number of aromatic nitrogens is 1. The highest BCUT2D eigenvalue weighted by molar-refractivity contribution is 5.39. The van der Waals surface area contributed by atoms with E-state index < -0.39 is 0 Å². The van der Waals surface area contributed by atoms with Gasteiger partial charge < -0.3 is 15.2 Å². The third kappa shape index (κ3) is 3.53. The molecule has 1 atom stereocenters. The molecule has 2 N–H and O–H groups in total. The average molecular weight is 258 g/mol. The highest BCUT2D eigenvalue weighted by Crippen LogP contribution is 2.27. The number of benzene rings is 1. The summed E-state index contributed by atoms with van der Waals surface area (Å²) in [5.41, 5.74) is 8.00. The Morgan fingerprint density at radius 1 is 1.11 bits per heavy atom. The molecular weight excluding hydrogens is 240 g/mol. The van der Waals surface area contributed by atoms with Gasteiger partial charge in [-0.25, -0.2) is 0 Å². The standard InChI is InChI=1S/C15H18N2O2/c1-18-10-11-19-14-8-3-2-6-12(14)15(16)13-7-4-5-9-17-13/h2-9,15H,10-11,16H2,1H3. The van der Waals surface area contributed by atoms with E-state index in [0.717, 1.165) is 17.0 Å². The van der Waals surface area contributed by atoms with Crippen molar-refractivity contribution in [1.29, 1.82) is 0 Å². The summed E-state index contributed by atoms with van der Waals surface area (Å²) in [6.45, 7) is 1.05. The summed E-state index contributed by atoms with van der Waals surface area (Å²) in [5, 5.41) is 0. The minimum Gasteiger partial charge on any atom is -0.491 e. The van der Waals surface area contributed by atoms with Crippen molar-refractivity contribution in [3.8, 4) is 5.75 Å². The van der Waals surface area contributed by atoms with Crippen molar-refractivity contribution in [2.24, 2.45) is 5.73 Å². The molecule has 0 radical (unpaired) electrons. The number of ether oxygens (including phenoxy) is 2. The first-order valence-corrected chi connectivity index (χ1v) is 6.20. The average Bonchev–Trinajstić information content (AvgIpc) is 2.48. The summed E-state index contributed by atoms with van der Waals surface area (Å²) < 4.78 is 10.7. The summed E-state index contributed by atoms with van der Waals surface area (Å²) in [6, 6.07) is 13.2. The van der Waals surface area contributed by atoms with E-state index in [1.54, 1.807) is 13.3 Å². The van der Waals surface area contributed by atoms with Crippen LogP contribution in [-0.4, -0.2) is 25.3 Å². The minimum absolute atomic E-state index is 0.292. The molecule has 0 aliphatic carbocycles. The zero-order valence-corrected chi connectivity index (χ0v) is 11.0. The molecule has 0 bridgehead atoms. The van der Waals surface area contributed by atoms with Crippen molar-refractivity contribution in [2.75, 3.05) is 20.3 Å². The molecular formula is C15H18N2O2. The van der Waals surface area contributed by atoms with Crippen LogP contribution in [0.15, 0.2) is 48.7 Å². The van der Waals surface area contributed by atoms with E-state index in [4.69, 9.17) is 15.2 Å². The predicted molar refractivity (Wildman–Crippen MR) is 74.1 cm³/mol. The molecule has 0 saturated heterocycles. The van der Waals surface area contributed by atoms with Crippen molar-refractivity contribution in [1.82, 2.24) is 4.98 Å². The summed E-state index contributed by atoms with van der Waals surface area (Å²) in [4.78, 5) is 4.29. The van der Waals surface area contributed by atoms with Crippen LogP contribution in [0.5, 0.6) is 5.75 Å². The van der Waals surface area contributed by atoms with Crippen LogP contribution in [0, 0.1) is 0 Å². The number of para-hydroxylation sites is 1. The lowest BCUT2D eigenvalue weighted by molar-refractivity contribution is 0.145. The van der Waals surface area contributed by atoms with Gasteiger partial charge in [-0.15, -0.1) is 0 Å². The maximum absolute atomic E-state index is 6.25. The molecule has 100 valence electrons. The van der Waals surface area contributed by atoms with Crippen LogP contribution in [0.3, 0.4) is 0 Å². The van der Waals surface area contributed by atoms with Gasteiger partial charge >= 0.3 is 0 Å². The normalized spacial score (nSPS) is 12.1. The van der Waals surface area contributed by atoms with E-state index >= 15 is 0 Å². The Bertz CT molecular complexity index is 503. The molecule has 0 fully saturated rings. The van der Waals surface area contributed by atoms with E-state index in [0.29, 0.717) is 13.2 Å². The SMILES string of the molecule is COCCOc1ccccc1C(N)c1ccccn1. The number of nitrogens with zero attached hydrogens (tertiary/aromatic N) is 1. The third-order valence-corrected chi connectivity index (χ3v) is 2.81. The van der Waals surface area contributed by atoms with Gasteiger partial charge in [-0.3, -0.25) is 4.98 Å². The second-order valence-electron chi connectivity index (χ2n) is 4.11. The molecule has 0 spiro atoms. The van der Waals surface area contributed by atoms with Crippen LogP contribution in [0.1, 0.15) is 17.3 Å². The largest absolute Gasteiger partial charge is 0.491 e. The van der Waals surface area contributed by atoms with Crippen LogP contribution in [0.2, 0.25) is 0 Å². The van der Waals surface area contributed by atoms with Crippen LogP contribution in [0.25, 0.3) is 0 Å². The molecule has 19 heavy (non-hydrogen) atoms. The molecule has 1 heterocycles. The van der Waals surface area contributed by atoms with Gasteiger partial charge in [0.15, 0.2) is 0 Å². The van der Waals surface area contributed by atoms with Gasteiger partial charge in [0.05, 0.1) is 18.3 Å². The van der Waals surface area contributed by atoms with Gasteiger partial charge in [0.2, 0.25) is 0 Å². The van der Waals surface area contributed by atoms with Crippen LogP contribution >= 0.6 is 0 Å². The zero-order chi connectivity index (χ0) is 13.5. The molecule has 0 amide bonds. The fourth-order valence-electron chi connectivity index (χ4n) is 1.82. The maximum atomic E-state index is 6.25. The van der Waals surface area contributed by atoms with Crippen molar-refractivity contribution < 1.29 is 9.47 Å². The molecule has 2 rings (SSSR count).